The van der Waals surface area contributed by atoms with E-state index in [2.05, 4.69) is 15.7 Å². The van der Waals surface area contributed by atoms with Crippen molar-refractivity contribution in [3.05, 3.63) is 16.6 Å². The van der Waals surface area contributed by atoms with Gasteiger partial charge in [-0.1, -0.05) is 6.42 Å². The predicted molar refractivity (Wildman–Crippen MR) is 66.8 cm³/mol. The molecular weight excluding hydrogens is 220 g/mol. The second kappa shape index (κ2) is 5.75. The van der Waals surface area contributed by atoms with Gasteiger partial charge in [-0.15, -0.1) is 11.3 Å². The molecule has 0 saturated heterocycles. The topological polar surface area (TPSA) is 34.1 Å². The van der Waals surface area contributed by atoms with Crippen LogP contribution in [0.3, 0.4) is 0 Å². The summed E-state index contributed by atoms with van der Waals surface area (Å²) < 4.78 is 5.04. The van der Waals surface area contributed by atoms with Gasteiger partial charge < -0.3 is 10.1 Å². The number of methoxy groups -OCH3 is 1. The van der Waals surface area contributed by atoms with Crippen LogP contribution in [0.25, 0.3) is 0 Å². The van der Waals surface area contributed by atoms with Gasteiger partial charge in [0.15, 0.2) is 0 Å². The van der Waals surface area contributed by atoms with Gasteiger partial charge in [0, 0.05) is 25.6 Å². The van der Waals surface area contributed by atoms with Crippen LogP contribution in [-0.2, 0) is 11.2 Å². The summed E-state index contributed by atoms with van der Waals surface area (Å²) >= 11 is 1.70. The molecule has 0 aliphatic heterocycles. The van der Waals surface area contributed by atoms with Crippen molar-refractivity contribution in [2.24, 2.45) is 5.41 Å². The third-order valence-corrected chi connectivity index (χ3v) is 4.07. The van der Waals surface area contributed by atoms with Crippen molar-refractivity contribution in [1.29, 1.82) is 0 Å². The van der Waals surface area contributed by atoms with Crippen molar-refractivity contribution in [2.75, 3.05) is 26.8 Å². The van der Waals surface area contributed by atoms with E-state index < -0.39 is 0 Å². The first-order valence-corrected chi connectivity index (χ1v) is 6.86. The molecule has 0 spiro atoms. The van der Waals surface area contributed by atoms with Crippen LogP contribution >= 0.6 is 11.3 Å². The van der Waals surface area contributed by atoms with Crippen molar-refractivity contribution in [2.45, 2.75) is 25.7 Å². The minimum atomic E-state index is 0.474. The van der Waals surface area contributed by atoms with E-state index in [4.69, 9.17) is 4.74 Å². The molecule has 1 aromatic heterocycles. The second-order valence-corrected chi connectivity index (χ2v) is 5.40. The maximum Gasteiger partial charge on any atom is 0.0794 e. The highest BCUT2D eigenvalue weighted by Crippen LogP contribution is 2.43. The molecule has 2 rings (SSSR count). The van der Waals surface area contributed by atoms with E-state index in [0.29, 0.717) is 5.41 Å². The van der Waals surface area contributed by atoms with Gasteiger partial charge in [-0.2, -0.15) is 0 Å². The van der Waals surface area contributed by atoms with E-state index in [1.54, 1.807) is 18.4 Å². The zero-order valence-electron chi connectivity index (χ0n) is 9.87. The van der Waals surface area contributed by atoms with Gasteiger partial charge in [0.05, 0.1) is 17.8 Å². The van der Waals surface area contributed by atoms with E-state index >= 15 is 0 Å². The van der Waals surface area contributed by atoms with Crippen LogP contribution in [-0.4, -0.2) is 31.8 Å². The summed E-state index contributed by atoms with van der Waals surface area (Å²) in [5.74, 6) is 0. The number of hydrogen-bond acceptors (Lipinski definition) is 4. The quantitative estimate of drug-likeness (QED) is 0.741. The zero-order valence-corrected chi connectivity index (χ0v) is 10.7. The highest BCUT2D eigenvalue weighted by atomic mass is 32.1. The van der Waals surface area contributed by atoms with Gasteiger partial charge in [-0.05, 0) is 24.7 Å². The zero-order chi connectivity index (χ0) is 11.3. The molecule has 1 aliphatic rings. The van der Waals surface area contributed by atoms with Crippen LogP contribution in [0, 0.1) is 5.41 Å². The van der Waals surface area contributed by atoms with E-state index in [9.17, 15) is 0 Å². The highest BCUT2D eigenvalue weighted by Gasteiger charge is 2.36. The summed E-state index contributed by atoms with van der Waals surface area (Å²) in [4.78, 5) is 4.39. The summed E-state index contributed by atoms with van der Waals surface area (Å²) in [6, 6.07) is 0. The van der Waals surface area contributed by atoms with Crippen LogP contribution in [0.2, 0.25) is 0 Å². The average Bonchev–Trinajstić information content (AvgIpc) is 2.73. The Hall–Kier alpha value is -0.450. The molecule has 1 aliphatic carbocycles. The lowest BCUT2D eigenvalue weighted by Gasteiger charge is -2.42. The summed E-state index contributed by atoms with van der Waals surface area (Å²) in [7, 11) is 1.75. The average molecular weight is 240 g/mol. The first kappa shape index (κ1) is 12.0. The summed E-state index contributed by atoms with van der Waals surface area (Å²) in [5.41, 5.74) is 3.67. The summed E-state index contributed by atoms with van der Waals surface area (Å²) in [6.45, 7) is 2.86. The summed E-state index contributed by atoms with van der Waals surface area (Å²) in [6.07, 6.45) is 5.18. The molecule has 1 fully saturated rings. The van der Waals surface area contributed by atoms with Crippen molar-refractivity contribution in [3.63, 3.8) is 0 Å². The molecule has 1 saturated carbocycles. The summed E-state index contributed by atoms with van der Waals surface area (Å²) in [5, 5.41) is 5.67. The standard InChI is InChI=1S/C12H20N2OS/c1-15-6-5-13-9-12(3-2-4-12)7-11-8-16-10-14-11/h8,10,13H,2-7,9H2,1H3. The molecule has 0 amide bonds. The Morgan fingerprint density at radius 3 is 3.00 bits per heavy atom. The largest absolute Gasteiger partial charge is 0.383 e. The Kier molecular flexibility index (Phi) is 4.32. The van der Waals surface area contributed by atoms with Crippen LogP contribution < -0.4 is 5.32 Å². The van der Waals surface area contributed by atoms with Crippen LogP contribution in [0.15, 0.2) is 10.9 Å². The lowest BCUT2D eigenvalue weighted by atomic mass is 9.66. The monoisotopic (exact) mass is 240 g/mol. The number of nitrogens with one attached hydrogen (secondary N) is 1. The van der Waals surface area contributed by atoms with Crippen molar-refractivity contribution in [3.8, 4) is 0 Å². The van der Waals surface area contributed by atoms with Gasteiger partial charge in [0.25, 0.3) is 0 Å². The van der Waals surface area contributed by atoms with Crippen LogP contribution in [0.5, 0.6) is 0 Å². The maximum atomic E-state index is 5.04. The molecule has 0 atom stereocenters. The molecule has 1 heterocycles. The van der Waals surface area contributed by atoms with Crippen LogP contribution in [0.1, 0.15) is 25.0 Å². The normalized spacial score (nSPS) is 18.3. The van der Waals surface area contributed by atoms with E-state index in [1.165, 1.54) is 25.0 Å². The Morgan fingerprint density at radius 2 is 2.44 bits per heavy atom. The van der Waals surface area contributed by atoms with E-state index in [-0.39, 0.29) is 0 Å². The van der Waals surface area contributed by atoms with Gasteiger partial charge >= 0.3 is 0 Å². The van der Waals surface area contributed by atoms with Crippen molar-refractivity contribution >= 4 is 11.3 Å². The minimum Gasteiger partial charge on any atom is -0.383 e. The van der Waals surface area contributed by atoms with Crippen molar-refractivity contribution in [1.82, 2.24) is 10.3 Å². The molecule has 0 unspecified atom stereocenters. The Labute approximate surface area is 101 Å². The van der Waals surface area contributed by atoms with E-state index in [0.717, 1.165) is 26.1 Å². The molecule has 0 aromatic carbocycles. The lowest BCUT2D eigenvalue weighted by molar-refractivity contribution is 0.122. The molecule has 1 N–H and O–H groups in total. The lowest BCUT2D eigenvalue weighted by Crippen LogP contribution is -2.42. The Balaban J connectivity index is 1.78. The number of rotatable bonds is 7. The van der Waals surface area contributed by atoms with Gasteiger partial charge in [0.2, 0.25) is 0 Å². The number of ether oxygens (including phenoxy) is 1. The van der Waals surface area contributed by atoms with Gasteiger partial charge in [-0.25, -0.2) is 4.98 Å². The molecule has 4 heteroatoms. The van der Waals surface area contributed by atoms with E-state index in [1.807, 2.05) is 5.51 Å². The third kappa shape index (κ3) is 3.03. The third-order valence-electron chi connectivity index (χ3n) is 3.44. The molecule has 1 aromatic rings. The second-order valence-electron chi connectivity index (χ2n) is 4.68. The fraction of sp³-hybridized carbons (Fsp3) is 0.750. The molecule has 3 nitrogen and oxygen atoms in total. The molecular formula is C12H20N2OS. The van der Waals surface area contributed by atoms with Gasteiger partial charge in [-0.3, -0.25) is 0 Å². The first-order valence-electron chi connectivity index (χ1n) is 5.91. The van der Waals surface area contributed by atoms with Crippen LogP contribution in [0.4, 0.5) is 0 Å². The van der Waals surface area contributed by atoms with Crippen molar-refractivity contribution < 1.29 is 4.74 Å². The number of hydrogen-bond donors (Lipinski definition) is 1. The first-order chi connectivity index (χ1) is 7.85. The fourth-order valence-corrected chi connectivity index (χ4v) is 2.89. The van der Waals surface area contributed by atoms with Gasteiger partial charge in [0.1, 0.15) is 0 Å². The number of nitrogens with zero attached hydrogens (tertiary/aromatic N) is 1. The maximum absolute atomic E-state index is 5.04. The SMILES string of the molecule is COCCNCC1(Cc2cscn2)CCC1. The molecule has 0 radical (unpaired) electrons. The molecule has 16 heavy (non-hydrogen) atoms. The predicted octanol–water partition coefficient (Wildman–Crippen LogP) is 2.09. The smallest absolute Gasteiger partial charge is 0.0794 e. The Bertz CT molecular complexity index is 296. The Morgan fingerprint density at radius 1 is 1.56 bits per heavy atom. The number of aromatic nitrogens is 1. The minimum absolute atomic E-state index is 0.474. The molecule has 90 valence electrons. The fourth-order valence-electron chi connectivity index (χ4n) is 2.33. The number of thiazole rings is 1. The highest BCUT2D eigenvalue weighted by molar-refractivity contribution is 7.07. The molecule has 0 bridgehead atoms.